The van der Waals surface area contributed by atoms with Gasteiger partial charge < -0.3 is 13.9 Å². The highest BCUT2D eigenvalue weighted by molar-refractivity contribution is 5.49. The summed E-state index contributed by atoms with van der Waals surface area (Å²) in [5.41, 5.74) is 2.35. The van der Waals surface area contributed by atoms with E-state index in [2.05, 4.69) is 49.3 Å². The number of hydrogen-bond acceptors (Lipinski definition) is 4. The molecule has 0 spiro atoms. The Hall–Kier alpha value is -2.47. The van der Waals surface area contributed by atoms with E-state index in [1.165, 1.54) is 5.56 Å². The molecule has 0 bridgehead atoms. The number of imidazole rings is 2. The molecule has 1 aliphatic heterocycles. The minimum absolute atomic E-state index is 0.288. The van der Waals surface area contributed by atoms with Gasteiger partial charge in [-0.15, -0.1) is 0 Å². The maximum Gasteiger partial charge on any atom is 0.158 e. The summed E-state index contributed by atoms with van der Waals surface area (Å²) < 4.78 is 10.2. The Bertz CT molecular complexity index is 795. The van der Waals surface area contributed by atoms with Crippen molar-refractivity contribution in [2.45, 2.75) is 25.9 Å². The van der Waals surface area contributed by atoms with Gasteiger partial charge in [0, 0.05) is 37.3 Å². The van der Waals surface area contributed by atoms with Gasteiger partial charge in [0.2, 0.25) is 0 Å². The molecule has 3 aromatic heterocycles. The molecule has 0 unspecified atom stereocenters. The number of pyridine rings is 1. The maximum atomic E-state index is 5.81. The van der Waals surface area contributed by atoms with Gasteiger partial charge >= 0.3 is 0 Å². The predicted octanol–water partition coefficient (Wildman–Crippen LogP) is 2.59. The molecule has 0 N–H and O–H groups in total. The Labute approximate surface area is 141 Å². The van der Waals surface area contributed by atoms with E-state index >= 15 is 0 Å². The summed E-state index contributed by atoms with van der Waals surface area (Å²) in [6, 6.07) is 4.45. The van der Waals surface area contributed by atoms with Crippen LogP contribution in [0.1, 0.15) is 18.5 Å². The van der Waals surface area contributed by atoms with Gasteiger partial charge in [-0.2, -0.15) is 0 Å². The quantitative estimate of drug-likeness (QED) is 0.724. The number of nitrogens with zero attached hydrogens (tertiary/aromatic N) is 5. The summed E-state index contributed by atoms with van der Waals surface area (Å²) in [4.78, 5) is 13.0. The third kappa shape index (κ3) is 2.73. The van der Waals surface area contributed by atoms with Crippen LogP contribution >= 0.6 is 0 Å². The highest BCUT2D eigenvalue weighted by Crippen LogP contribution is 2.32. The molecule has 0 aromatic carbocycles. The molecule has 4 rings (SSSR count). The summed E-state index contributed by atoms with van der Waals surface area (Å²) in [5, 5.41) is 0. The third-order valence-electron chi connectivity index (χ3n) is 4.72. The van der Waals surface area contributed by atoms with Crippen LogP contribution in [-0.4, -0.2) is 37.3 Å². The van der Waals surface area contributed by atoms with Crippen molar-refractivity contribution in [1.82, 2.24) is 24.1 Å². The zero-order valence-corrected chi connectivity index (χ0v) is 13.7. The van der Waals surface area contributed by atoms with Crippen LogP contribution in [0.2, 0.25) is 0 Å². The van der Waals surface area contributed by atoms with Gasteiger partial charge in [-0.3, -0.25) is 4.98 Å². The second kappa shape index (κ2) is 6.57. The number of hydrogen-bond donors (Lipinski definition) is 0. The zero-order chi connectivity index (χ0) is 16.4. The van der Waals surface area contributed by atoms with Crippen LogP contribution in [-0.2, 0) is 17.7 Å². The first-order valence-corrected chi connectivity index (χ1v) is 8.36. The van der Waals surface area contributed by atoms with E-state index in [9.17, 15) is 0 Å². The summed E-state index contributed by atoms with van der Waals surface area (Å²) >= 11 is 0. The summed E-state index contributed by atoms with van der Waals surface area (Å²) in [7, 11) is 0. The fourth-order valence-corrected chi connectivity index (χ4v) is 3.45. The fraction of sp³-hybridized carbons (Fsp3) is 0.389. The Morgan fingerprint density at radius 3 is 2.88 bits per heavy atom. The minimum atomic E-state index is 0.288. The number of aromatic nitrogens is 5. The van der Waals surface area contributed by atoms with Gasteiger partial charge in [0.05, 0.1) is 31.8 Å². The molecule has 124 valence electrons. The van der Waals surface area contributed by atoms with Gasteiger partial charge in [-0.25, -0.2) is 9.97 Å². The van der Waals surface area contributed by atoms with Crippen LogP contribution in [0.15, 0.2) is 49.4 Å². The predicted molar refractivity (Wildman–Crippen MR) is 90.4 cm³/mol. The smallest absolute Gasteiger partial charge is 0.158 e. The van der Waals surface area contributed by atoms with Gasteiger partial charge in [0.15, 0.2) is 5.82 Å². The van der Waals surface area contributed by atoms with Crippen LogP contribution in [0.5, 0.6) is 0 Å². The van der Waals surface area contributed by atoms with Crippen LogP contribution in [0, 0.1) is 5.92 Å². The van der Waals surface area contributed by atoms with Crippen molar-refractivity contribution in [1.29, 1.82) is 0 Å². The first-order valence-electron chi connectivity index (χ1n) is 8.36. The van der Waals surface area contributed by atoms with Crippen molar-refractivity contribution in [2.24, 2.45) is 5.92 Å². The molecule has 2 atom stereocenters. The van der Waals surface area contributed by atoms with Gasteiger partial charge in [0.1, 0.15) is 5.69 Å². The first-order chi connectivity index (χ1) is 11.9. The van der Waals surface area contributed by atoms with Gasteiger partial charge in [0.25, 0.3) is 0 Å². The van der Waals surface area contributed by atoms with E-state index in [-0.39, 0.29) is 6.04 Å². The summed E-state index contributed by atoms with van der Waals surface area (Å²) in [6.07, 6.45) is 12.3. The Morgan fingerprint density at radius 1 is 1.17 bits per heavy atom. The van der Waals surface area contributed by atoms with Gasteiger partial charge in [-0.05, 0) is 31.0 Å². The van der Waals surface area contributed by atoms with Crippen LogP contribution in [0.4, 0.5) is 0 Å². The lowest BCUT2D eigenvalue weighted by atomic mass is 9.95. The molecule has 4 heterocycles. The molecule has 1 fully saturated rings. The van der Waals surface area contributed by atoms with Crippen LogP contribution in [0.3, 0.4) is 0 Å². The second-order valence-corrected chi connectivity index (χ2v) is 6.15. The van der Waals surface area contributed by atoms with Crippen LogP contribution < -0.4 is 0 Å². The van der Waals surface area contributed by atoms with Crippen molar-refractivity contribution in [3.8, 4) is 11.5 Å². The number of rotatable bonds is 5. The maximum absolute atomic E-state index is 5.81. The molecule has 0 radical (unpaired) electrons. The lowest BCUT2D eigenvalue weighted by Crippen LogP contribution is -2.20. The van der Waals surface area contributed by atoms with E-state index in [0.29, 0.717) is 5.92 Å². The number of aryl methyl sites for hydroxylation is 1. The van der Waals surface area contributed by atoms with Gasteiger partial charge in [-0.1, -0.05) is 0 Å². The topological polar surface area (TPSA) is 57.8 Å². The standard InChI is InChI=1S/C18H21N5O/c1-2-22-13-20-10-16(22)18-21-7-8-23(18)17-12-24-11-15(17)9-14-3-5-19-6-4-14/h3-8,10,13,15,17H,2,9,11-12H2,1H3/t15-,17+/m0/s1. The summed E-state index contributed by atoms with van der Waals surface area (Å²) in [6.45, 7) is 4.49. The SMILES string of the molecule is CCn1cncc1-c1nccn1[C@@H]1COC[C@@H]1Cc1ccncc1. The highest BCUT2D eigenvalue weighted by atomic mass is 16.5. The van der Waals surface area contributed by atoms with Crippen molar-refractivity contribution in [3.05, 3.63) is 55.0 Å². The highest BCUT2D eigenvalue weighted by Gasteiger charge is 2.31. The average Bonchev–Trinajstić information content (AvgIpc) is 3.34. The number of ether oxygens (including phenoxy) is 1. The molecule has 1 saturated heterocycles. The second-order valence-electron chi connectivity index (χ2n) is 6.15. The third-order valence-corrected chi connectivity index (χ3v) is 4.72. The van der Waals surface area contributed by atoms with E-state index < -0.39 is 0 Å². The van der Waals surface area contributed by atoms with Crippen molar-refractivity contribution in [2.75, 3.05) is 13.2 Å². The molecular weight excluding hydrogens is 302 g/mol. The molecule has 0 amide bonds. The molecule has 24 heavy (non-hydrogen) atoms. The molecule has 0 saturated carbocycles. The average molecular weight is 323 g/mol. The van der Waals surface area contributed by atoms with Crippen molar-refractivity contribution < 1.29 is 4.74 Å². The van der Waals surface area contributed by atoms with E-state index in [1.54, 1.807) is 0 Å². The van der Waals surface area contributed by atoms with Crippen LogP contribution in [0.25, 0.3) is 11.5 Å². The normalized spacial score (nSPS) is 20.5. The van der Waals surface area contributed by atoms with E-state index in [1.807, 2.05) is 31.1 Å². The lowest BCUT2D eigenvalue weighted by Gasteiger charge is -2.21. The molecule has 6 nitrogen and oxygen atoms in total. The molecule has 6 heteroatoms. The monoisotopic (exact) mass is 323 g/mol. The molecular formula is C18H21N5O. The lowest BCUT2D eigenvalue weighted by molar-refractivity contribution is 0.181. The largest absolute Gasteiger partial charge is 0.379 e. The van der Waals surface area contributed by atoms with Crippen molar-refractivity contribution >= 4 is 0 Å². The molecule has 0 aliphatic carbocycles. The first kappa shape index (κ1) is 15.1. The Morgan fingerprint density at radius 2 is 2.04 bits per heavy atom. The van der Waals surface area contributed by atoms with Crippen molar-refractivity contribution in [3.63, 3.8) is 0 Å². The summed E-state index contributed by atoms with van der Waals surface area (Å²) in [5.74, 6) is 1.39. The molecule has 1 aliphatic rings. The fourth-order valence-electron chi connectivity index (χ4n) is 3.45. The van der Waals surface area contributed by atoms with E-state index in [4.69, 9.17) is 4.74 Å². The minimum Gasteiger partial charge on any atom is -0.379 e. The Kier molecular flexibility index (Phi) is 4.13. The zero-order valence-electron chi connectivity index (χ0n) is 13.7. The van der Waals surface area contributed by atoms with E-state index in [0.717, 1.165) is 37.7 Å². The Balaban J connectivity index is 1.63. The molecule has 3 aromatic rings.